The maximum Gasteiger partial charge on any atom is 0.226 e. The SMILES string of the molecule is CCN(CC(C)(C)CN)c1nc(C)cc(C#N)n1. The molecule has 0 aliphatic heterocycles. The number of rotatable bonds is 5. The van der Waals surface area contributed by atoms with Crippen molar-refractivity contribution in [2.45, 2.75) is 27.7 Å². The van der Waals surface area contributed by atoms with Gasteiger partial charge in [0, 0.05) is 18.8 Å². The summed E-state index contributed by atoms with van der Waals surface area (Å²) in [5.41, 5.74) is 6.96. The van der Waals surface area contributed by atoms with Crippen LogP contribution in [0.5, 0.6) is 0 Å². The molecule has 5 nitrogen and oxygen atoms in total. The molecule has 0 bridgehead atoms. The number of nitriles is 1. The van der Waals surface area contributed by atoms with E-state index in [1.807, 2.05) is 13.8 Å². The highest BCUT2D eigenvalue weighted by Gasteiger charge is 2.21. The molecule has 1 rings (SSSR count). The Morgan fingerprint density at radius 3 is 2.61 bits per heavy atom. The molecule has 0 atom stereocenters. The van der Waals surface area contributed by atoms with Gasteiger partial charge in [-0.05, 0) is 31.9 Å². The number of anilines is 1. The van der Waals surface area contributed by atoms with Crippen LogP contribution in [0, 0.1) is 23.7 Å². The molecule has 0 amide bonds. The lowest BCUT2D eigenvalue weighted by Gasteiger charge is -2.31. The van der Waals surface area contributed by atoms with Crippen LogP contribution >= 0.6 is 0 Å². The monoisotopic (exact) mass is 247 g/mol. The highest BCUT2D eigenvalue weighted by atomic mass is 15.3. The average Bonchev–Trinajstić information content (AvgIpc) is 2.35. The summed E-state index contributed by atoms with van der Waals surface area (Å²) in [6.07, 6.45) is 0. The molecule has 0 radical (unpaired) electrons. The van der Waals surface area contributed by atoms with Crippen molar-refractivity contribution in [2.24, 2.45) is 11.1 Å². The van der Waals surface area contributed by atoms with Crippen molar-refractivity contribution in [3.8, 4) is 6.07 Å². The molecule has 1 aromatic heterocycles. The summed E-state index contributed by atoms with van der Waals surface area (Å²) in [4.78, 5) is 10.7. The number of hydrogen-bond acceptors (Lipinski definition) is 5. The first-order valence-electron chi connectivity index (χ1n) is 6.12. The van der Waals surface area contributed by atoms with Crippen LogP contribution in [0.15, 0.2) is 6.07 Å². The average molecular weight is 247 g/mol. The highest BCUT2D eigenvalue weighted by molar-refractivity contribution is 5.36. The third-order valence-electron chi connectivity index (χ3n) is 2.79. The van der Waals surface area contributed by atoms with Crippen LogP contribution in [0.25, 0.3) is 0 Å². The fourth-order valence-electron chi connectivity index (χ4n) is 1.66. The third-order valence-corrected chi connectivity index (χ3v) is 2.79. The molecule has 98 valence electrons. The van der Waals surface area contributed by atoms with Crippen molar-refractivity contribution in [1.29, 1.82) is 5.26 Å². The zero-order valence-electron chi connectivity index (χ0n) is 11.6. The molecule has 0 fully saturated rings. The summed E-state index contributed by atoms with van der Waals surface area (Å²) >= 11 is 0. The van der Waals surface area contributed by atoms with E-state index in [-0.39, 0.29) is 5.41 Å². The molecular weight excluding hydrogens is 226 g/mol. The van der Waals surface area contributed by atoms with E-state index in [0.717, 1.165) is 18.8 Å². The van der Waals surface area contributed by atoms with E-state index in [9.17, 15) is 0 Å². The highest BCUT2D eigenvalue weighted by Crippen LogP contribution is 2.18. The van der Waals surface area contributed by atoms with Gasteiger partial charge in [-0.15, -0.1) is 0 Å². The summed E-state index contributed by atoms with van der Waals surface area (Å²) in [6, 6.07) is 3.75. The van der Waals surface area contributed by atoms with E-state index in [1.54, 1.807) is 6.07 Å². The fraction of sp³-hybridized carbons (Fsp3) is 0.615. The van der Waals surface area contributed by atoms with Gasteiger partial charge in [0.25, 0.3) is 0 Å². The van der Waals surface area contributed by atoms with Crippen molar-refractivity contribution in [3.63, 3.8) is 0 Å². The summed E-state index contributed by atoms with van der Waals surface area (Å²) < 4.78 is 0. The van der Waals surface area contributed by atoms with Crippen LogP contribution in [-0.4, -0.2) is 29.6 Å². The Morgan fingerprint density at radius 1 is 1.44 bits per heavy atom. The molecule has 1 aromatic rings. The number of aromatic nitrogens is 2. The van der Waals surface area contributed by atoms with Gasteiger partial charge in [0.2, 0.25) is 5.95 Å². The second-order valence-corrected chi connectivity index (χ2v) is 5.19. The molecule has 18 heavy (non-hydrogen) atoms. The second-order valence-electron chi connectivity index (χ2n) is 5.19. The van der Waals surface area contributed by atoms with Crippen molar-refractivity contribution >= 4 is 5.95 Å². The van der Waals surface area contributed by atoms with E-state index in [2.05, 4.69) is 34.8 Å². The first-order chi connectivity index (χ1) is 8.41. The van der Waals surface area contributed by atoms with Crippen LogP contribution in [0.2, 0.25) is 0 Å². The Kier molecular flexibility index (Phi) is 4.62. The zero-order chi connectivity index (χ0) is 13.8. The van der Waals surface area contributed by atoms with Gasteiger partial charge in [0.1, 0.15) is 11.8 Å². The molecule has 0 unspecified atom stereocenters. The number of nitrogens with two attached hydrogens (primary N) is 1. The van der Waals surface area contributed by atoms with Gasteiger partial charge in [-0.1, -0.05) is 13.8 Å². The summed E-state index contributed by atoms with van der Waals surface area (Å²) in [7, 11) is 0. The van der Waals surface area contributed by atoms with E-state index in [0.29, 0.717) is 18.2 Å². The van der Waals surface area contributed by atoms with E-state index < -0.39 is 0 Å². The van der Waals surface area contributed by atoms with Gasteiger partial charge >= 0.3 is 0 Å². The molecule has 0 aliphatic carbocycles. The molecule has 2 N–H and O–H groups in total. The lowest BCUT2D eigenvalue weighted by Crippen LogP contribution is -2.39. The van der Waals surface area contributed by atoms with Crippen molar-refractivity contribution in [3.05, 3.63) is 17.5 Å². The Bertz CT molecular complexity index is 447. The topological polar surface area (TPSA) is 78.8 Å². The van der Waals surface area contributed by atoms with E-state index in [4.69, 9.17) is 11.0 Å². The molecule has 1 heterocycles. The van der Waals surface area contributed by atoms with Crippen molar-refractivity contribution in [2.75, 3.05) is 24.5 Å². The summed E-state index contributed by atoms with van der Waals surface area (Å²) in [6.45, 7) is 10.3. The van der Waals surface area contributed by atoms with Crippen LogP contribution in [-0.2, 0) is 0 Å². The normalized spacial score (nSPS) is 11.1. The summed E-state index contributed by atoms with van der Waals surface area (Å²) in [5.74, 6) is 0.607. The van der Waals surface area contributed by atoms with Gasteiger partial charge in [0.15, 0.2) is 0 Å². The minimum absolute atomic E-state index is 0.00404. The van der Waals surface area contributed by atoms with Crippen molar-refractivity contribution < 1.29 is 0 Å². The molecule has 0 aliphatic rings. The van der Waals surface area contributed by atoms with Gasteiger partial charge in [-0.2, -0.15) is 5.26 Å². The quantitative estimate of drug-likeness (QED) is 0.852. The predicted molar refractivity (Wildman–Crippen MR) is 72.2 cm³/mol. The van der Waals surface area contributed by atoms with Crippen molar-refractivity contribution in [1.82, 2.24) is 9.97 Å². The molecular formula is C13H21N5. The number of hydrogen-bond donors (Lipinski definition) is 1. The largest absolute Gasteiger partial charge is 0.340 e. The first kappa shape index (κ1) is 14.4. The van der Waals surface area contributed by atoms with Gasteiger partial charge in [0.05, 0.1) is 0 Å². The standard InChI is InChI=1S/C13H21N5/c1-5-18(9-13(3,4)8-15)12-16-10(2)6-11(7-14)17-12/h6H,5,8-9,15H2,1-4H3. The zero-order valence-corrected chi connectivity index (χ0v) is 11.6. The van der Waals surface area contributed by atoms with Gasteiger partial charge < -0.3 is 10.6 Å². The van der Waals surface area contributed by atoms with Crippen LogP contribution < -0.4 is 10.6 Å². The van der Waals surface area contributed by atoms with Gasteiger partial charge in [-0.3, -0.25) is 0 Å². The van der Waals surface area contributed by atoms with E-state index >= 15 is 0 Å². The molecule has 0 saturated carbocycles. The van der Waals surface area contributed by atoms with Crippen LogP contribution in [0.1, 0.15) is 32.2 Å². The number of nitrogens with zero attached hydrogens (tertiary/aromatic N) is 4. The van der Waals surface area contributed by atoms with Crippen LogP contribution in [0.4, 0.5) is 5.95 Å². The Hall–Kier alpha value is -1.67. The van der Waals surface area contributed by atoms with Gasteiger partial charge in [-0.25, -0.2) is 9.97 Å². The molecule has 0 spiro atoms. The number of aryl methyl sites for hydroxylation is 1. The summed E-state index contributed by atoms with van der Waals surface area (Å²) in [5, 5.41) is 8.94. The fourth-order valence-corrected chi connectivity index (χ4v) is 1.66. The maximum absolute atomic E-state index is 8.94. The van der Waals surface area contributed by atoms with Crippen LogP contribution in [0.3, 0.4) is 0 Å². The lowest BCUT2D eigenvalue weighted by molar-refractivity contribution is 0.377. The third kappa shape index (κ3) is 3.67. The Labute approximate surface area is 109 Å². The minimum atomic E-state index is -0.00404. The Morgan fingerprint density at radius 2 is 2.11 bits per heavy atom. The first-order valence-corrected chi connectivity index (χ1v) is 6.12. The lowest BCUT2D eigenvalue weighted by atomic mass is 9.93. The smallest absolute Gasteiger partial charge is 0.226 e. The maximum atomic E-state index is 8.94. The Balaban J connectivity index is 3.02. The minimum Gasteiger partial charge on any atom is -0.340 e. The second kappa shape index (κ2) is 5.78. The predicted octanol–water partition coefficient (Wildman–Crippen LogP) is 1.47. The molecule has 0 aromatic carbocycles. The molecule has 5 heteroatoms. The van der Waals surface area contributed by atoms with E-state index in [1.165, 1.54) is 0 Å². The molecule has 0 saturated heterocycles.